The fraction of sp³-hybridized carbons (Fsp3) is 0.0667. The third-order valence-corrected chi connectivity index (χ3v) is 4.20. The van der Waals surface area contributed by atoms with Gasteiger partial charge >= 0.3 is 12.1 Å². The monoisotopic (exact) mass is 410 g/mol. The first-order valence-corrected chi connectivity index (χ1v) is 7.64. The van der Waals surface area contributed by atoms with Crippen LogP contribution in [0, 0.1) is 23.3 Å². The van der Waals surface area contributed by atoms with Gasteiger partial charge in [0, 0.05) is 0 Å². The highest BCUT2D eigenvalue weighted by Crippen LogP contribution is 2.32. The molecule has 0 unspecified atom stereocenters. The zero-order valence-electron chi connectivity index (χ0n) is 12.7. The van der Waals surface area contributed by atoms with Gasteiger partial charge in [0.1, 0.15) is 17.3 Å². The highest BCUT2D eigenvalue weighted by atomic mass is 32.1. The van der Waals surface area contributed by atoms with Gasteiger partial charge in [-0.05, 0) is 35.8 Å². The SMILES string of the molecule is O=c1nc(-c2c(F)cccc2F)sn1-c1ccc(OC(F)(F)F)c(F)c1F. The summed E-state index contributed by atoms with van der Waals surface area (Å²) in [6.07, 6.45) is -5.26. The van der Waals surface area contributed by atoms with Gasteiger partial charge in [0.05, 0.1) is 5.56 Å². The normalized spacial score (nSPS) is 11.7. The van der Waals surface area contributed by atoms with Crippen molar-refractivity contribution in [3.8, 4) is 22.0 Å². The van der Waals surface area contributed by atoms with E-state index in [0.29, 0.717) is 16.1 Å². The smallest absolute Gasteiger partial charge is 0.403 e. The van der Waals surface area contributed by atoms with Crippen LogP contribution in [0.1, 0.15) is 0 Å². The van der Waals surface area contributed by atoms with Gasteiger partial charge in [0.2, 0.25) is 5.82 Å². The van der Waals surface area contributed by atoms with Crippen molar-refractivity contribution >= 4 is 11.5 Å². The third-order valence-electron chi connectivity index (χ3n) is 3.20. The standard InChI is InChI=1S/C15H5F7N2O2S/c16-6-2-1-3-7(17)10(6)13-23-14(25)24(27-13)8-4-5-9(12(19)11(8)18)26-15(20,21)22/h1-5H. The van der Waals surface area contributed by atoms with Crippen LogP contribution in [-0.4, -0.2) is 15.3 Å². The van der Waals surface area contributed by atoms with Gasteiger partial charge in [0.15, 0.2) is 16.6 Å². The summed E-state index contributed by atoms with van der Waals surface area (Å²) in [6, 6.07) is 3.97. The Labute approximate surface area is 149 Å². The molecule has 0 saturated carbocycles. The average Bonchev–Trinajstić information content (AvgIpc) is 2.92. The lowest BCUT2D eigenvalue weighted by atomic mass is 10.2. The number of alkyl halides is 3. The lowest BCUT2D eigenvalue weighted by Crippen LogP contribution is -2.19. The molecule has 3 rings (SSSR count). The summed E-state index contributed by atoms with van der Waals surface area (Å²) in [4.78, 5) is 15.3. The van der Waals surface area contributed by atoms with Gasteiger partial charge in [-0.15, -0.1) is 13.2 Å². The first kappa shape index (κ1) is 18.9. The number of nitrogens with zero attached hydrogens (tertiary/aromatic N) is 2. The topological polar surface area (TPSA) is 44.1 Å². The molecule has 0 aliphatic heterocycles. The van der Waals surface area contributed by atoms with Gasteiger partial charge in [-0.1, -0.05) is 6.07 Å². The van der Waals surface area contributed by atoms with E-state index < -0.39 is 57.3 Å². The molecule has 0 amide bonds. The van der Waals surface area contributed by atoms with Crippen molar-refractivity contribution in [3.05, 3.63) is 64.1 Å². The maximum atomic E-state index is 14.1. The Hall–Kier alpha value is -2.89. The summed E-state index contributed by atoms with van der Waals surface area (Å²) >= 11 is 0.279. The van der Waals surface area contributed by atoms with Crippen LogP contribution in [0.2, 0.25) is 0 Å². The summed E-state index contributed by atoms with van der Waals surface area (Å²) in [5, 5.41) is -0.467. The number of ether oxygens (including phenoxy) is 1. The van der Waals surface area contributed by atoms with Gasteiger partial charge in [0.25, 0.3) is 0 Å². The van der Waals surface area contributed by atoms with Crippen LogP contribution < -0.4 is 10.4 Å². The van der Waals surface area contributed by atoms with Crippen molar-refractivity contribution in [3.63, 3.8) is 0 Å². The van der Waals surface area contributed by atoms with E-state index >= 15 is 0 Å². The van der Waals surface area contributed by atoms with E-state index in [4.69, 9.17) is 0 Å². The molecule has 0 spiro atoms. The Morgan fingerprint density at radius 1 is 0.963 bits per heavy atom. The van der Waals surface area contributed by atoms with Gasteiger partial charge in [-0.25, -0.2) is 21.9 Å². The molecule has 3 aromatic rings. The molecule has 1 aromatic heterocycles. The van der Waals surface area contributed by atoms with Crippen LogP contribution in [0.5, 0.6) is 5.75 Å². The fourth-order valence-corrected chi connectivity index (χ4v) is 3.05. The van der Waals surface area contributed by atoms with E-state index in [2.05, 4.69) is 9.72 Å². The second-order valence-corrected chi connectivity index (χ2v) is 5.87. The highest BCUT2D eigenvalue weighted by Gasteiger charge is 2.33. The predicted molar refractivity (Wildman–Crippen MR) is 79.7 cm³/mol. The van der Waals surface area contributed by atoms with Crippen molar-refractivity contribution < 1.29 is 35.5 Å². The Morgan fingerprint density at radius 2 is 1.59 bits per heavy atom. The summed E-state index contributed by atoms with van der Waals surface area (Å²) in [5.74, 6) is -7.36. The number of aromatic nitrogens is 2. The molecular formula is C15H5F7N2O2S. The molecule has 12 heteroatoms. The number of halogens is 7. The minimum atomic E-state index is -5.26. The average molecular weight is 410 g/mol. The second-order valence-electron chi connectivity index (χ2n) is 4.94. The molecule has 2 aromatic carbocycles. The summed E-state index contributed by atoms with van der Waals surface area (Å²) in [7, 11) is 0. The maximum Gasteiger partial charge on any atom is 0.573 e. The Morgan fingerprint density at radius 3 is 2.19 bits per heavy atom. The van der Waals surface area contributed by atoms with Crippen molar-refractivity contribution in [1.29, 1.82) is 0 Å². The van der Waals surface area contributed by atoms with Crippen molar-refractivity contribution in [2.75, 3.05) is 0 Å². The van der Waals surface area contributed by atoms with Crippen LogP contribution >= 0.6 is 11.5 Å². The maximum absolute atomic E-state index is 14.1. The summed E-state index contributed by atoms with van der Waals surface area (Å²) in [5.41, 5.74) is -2.66. The van der Waals surface area contributed by atoms with Gasteiger partial charge in [-0.3, -0.25) is 0 Å². The molecule has 0 fully saturated rings. The van der Waals surface area contributed by atoms with Crippen LogP contribution in [0.4, 0.5) is 30.7 Å². The van der Waals surface area contributed by atoms with Crippen molar-refractivity contribution in [2.24, 2.45) is 0 Å². The molecule has 0 atom stereocenters. The molecule has 27 heavy (non-hydrogen) atoms. The van der Waals surface area contributed by atoms with E-state index in [0.717, 1.165) is 18.2 Å². The van der Waals surface area contributed by atoms with E-state index in [1.165, 1.54) is 0 Å². The Bertz CT molecular complexity index is 1050. The van der Waals surface area contributed by atoms with E-state index in [9.17, 15) is 35.5 Å². The molecule has 142 valence electrons. The quantitative estimate of drug-likeness (QED) is 0.601. The predicted octanol–water partition coefficient (Wildman–Crippen LogP) is 4.42. The summed E-state index contributed by atoms with van der Waals surface area (Å²) < 4.78 is 95.8. The van der Waals surface area contributed by atoms with E-state index in [1.54, 1.807) is 0 Å². The minimum Gasteiger partial charge on any atom is -0.403 e. The Kier molecular flexibility index (Phi) is 4.68. The molecule has 0 N–H and O–H groups in total. The molecule has 4 nitrogen and oxygen atoms in total. The van der Waals surface area contributed by atoms with E-state index in [-0.39, 0.29) is 11.5 Å². The first-order chi connectivity index (χ1) is 12.6. The number of rotatable bonds is 3. The summed E-state index contributed by atoms with van der Waals surface area (Å²) in [6.45, 7) is 0. The second kappa shape index (κ2) is 6.68. The Balaban J connectivity index is 2.10. The molecule has 0 saturated heterocycles. The zero-order chi connectivity index (χ0) is 19.9. The number of benzene rings is 2. The van der Waals surface area contributed by atoms with E-state index in [1.807, 2.05) is 0 Å². The number of hydrogen-bond donors (Lipinski definition) is 0. The van der Waals surface area contributed by atoms with Crippen molar-refractivity contribution in [1.82, 2.24) is 8.94 Å². The largest absolute Gasteiger partial charge is 0.573 e. The number of hydrogen-bond acceptors (Lipinski definition) is 4. The lowest BCUT2D eigenvalue weighted by molar-refractivity contribution is -0.275. The van der Waals surface area contributed by atoms with Crippen LogP contribution in [0.15, 0.2) is 35.1 Å². The van der Waals surface area contributed by atoms with Crippen LogP contribution in [0.3, 0.4) is 0 Å². The molecule has 0 radical (unpaired) electrons. The van der Waals surface area contributed by atoms with Crippen LogP contribution in [0.25, 0.3) is 16.3 Å². The lowest BCUT2D eigenvalue weighted by Gasteiger charge is -2.11. The molecule has 0 bridgehead atoms. The first-order valence-electron chi connectivity index (χ1n) is 6.87. The highest BCUT2D eigenvalue weighted by molar-refractivity contribution is 7.10. The third kappa shape index (κ3) is 3.65. The molecule has 0 aliphatic rings. The van der Waals surface area contributed by atoms with Crippen molar-refractivity contribution in [2.45, 2.75) is 6.36 Å². The van der Waals surface area contributed by atoms with Gasteiger partial charge in [-0.2, -0.15) is 9.37 Å². The fourth-order valence-electron chi connectivity index (χ4n) is 2.12. The molecule has 1 heterocycles. The molecular weight excluding hydrogens is 405 g/mol. The molecule has 0 aliphatic carbocycles. The van der Waals surface area contributed by atoms with Gasteiger partial charge < -0.3 is 4.74 Å². The zero-order valence-corrected chi connectivity index (χ0v) is 13.5. The van der Waals surface area contributed by atoms with Crippen LogP contribution in [-0.2, 0) is 0 Å². The minimum absolute atomic E-state index is 0.279.